The van der Waals surface area contributed by atoms with Crippen molar-refractivity contribution in [2.75, 3.05) is 29.5 Å². The number of nitrogen functional groups attached to an aromatic ring is 1. The van der Waals surface area contributed by atoms with Gasteiger partial charge in [0.15, 0.2) is 0 Å². The fraction of sp³-hybridized carbons (Fsp3) is 0.235. The summed E-state index contributed by atoms with van der Waals surface area (Å²) in [5.41, 5.74) is 9.40. The van der Waals surface area contributed by atoms with E-state index in [1.54, 1.807) is 12.1 Å². The van der Waals surface area contributed by atoms with Crippen LogP contribution in [0.1, 0.15) is 12.0 Å². The predicted octanol–water partition coefficient (Wildman–Crippen LogP) is 3.04. The quantitative estimate of drug-likeness (QED) is 0.829. The van der Waals surface area contributed by atoms with E-state index in [9.17, 15) is 4.79 Å². The summed E-state index contributed by atoms with van der Waals surface area (Å²) in [4.78, 5) is 14.0. The summed E-state index contributed by atoms with van der Waals surface area (Å²) in [7, 11) is 1.98. The van der Waals surface area contributed by atoms with Gasteiger partial charge in [0.2, 0.25) is 5.91 Å². The molecule has 4 heteroatoms. The van der Waals surface area contributed by atoms with Crippen molar-refractivity contribution in [3.63, 3.8) is 0 Å². The highest BCUT2D eigenvalue weighted by molar-refractivity contribution is 5.91. The highest BCUT2D eigenvalue weighted by atomic mass is 16.1. The fourth-order valence-corrected chi connectivity index (χ4v) is 2.04. The number of carbonyl (C=O) groups excluding carboxylic acids is 1. The molecule has 0 spiro atoms. The Balaban J connectivity index is 1.84. The van der Waals surface area contributed by atoms with Crippen molar-refractivity contribution < 1.29 is 4.79 Å². The van der Waals surface area contributed by atoms with Crippen molar-refractivity contribution in [1.29, 1.82) is 0 Å². The number of nitrogens with one attached hydrogen (secondary N) is 1. The molecule has 2 aromatic rings. The lowest BCUT2D eigenvalue weighted by atomic mass is 10.2. The normalized spacial score (nSPS) is 10.2. The number of carbonyl (C=O) groups is 1. The van der Waals surface area contributed by atoms with Gasteiger partial charge in [-0.05, 0) is 37.3 Å². The summed E-state index contributed by atoms with van der Waals surface area (Å²) in [6.07, 6.45) is 0.430. The molecule has 0 aliphatic rings. The summed E-state index contributed by atoms with van der Waals surface area (Å²) in [6, 6.07) is 15.5. The van der Waals surface area contributed by atoms with Gasteiger partial charge in [-0.25, -0.2) is 0 Å². The average Bonchev–Trinajstić information content (AvgIpc) is 2.45. The molecule has 0 radical (unpaired) electrons. The van der Waals surface area contributed by atoms with Gasteiger partial charge < -0.3 is 16.0 Å². The number of hydrogen-bond donors (Lipinski definition) is 2. The number of benzene rings is 2. The lowest BCUT2D eigenvalue weighted by molar-refractivity contribution is -0.116. The molecule has 0 atom stereocenters. The third kappa shape index (κ3) is 4.53. The molecule has 0 aliphatic heterocycles. The Kier molecular flexibility index (Phi) is 4.82. The monoisotopic (exact) mass is 283 g/mol. The topological polar surface area (TPSA) is 58.4 Å². The minimum atomic E-state index is -0.0143. The van der Waals surface area contributed by atoms with E-state index < -0.39 is 0 Å². The molecule has 110 valence electrons. The van der Waals surface area contributed by atoms with Crippen LogP contribution in [0.2, 0.25) is 0 Å². The Bertz CT molecular complexity index is 608. The van der Waals surface area contributed by atoms with Crippen molar-refractivity contribution in [1.82, 2.24) is 0 Å². The molecule has 0 aromatic heterocycles. The van der Waals surface area contributed by atoms with Gasteiger partial charge in [0.25, 0.3) is 0 Å². The molecule has 2 rings (SSSR count). The van der Waals surface area contributed by atoms with Crippen molar-refractivity contribution in [2.24, 2.45) is 0 Å². The second-order valence-corrected chi connectivity index (χ2v) is 5.18. The summed E-state index contributed by atoms with van der Waals surface area (Å²) >= 11 is 0. The summed E-state index contributed by atoms with van der Waals surface area (Å²) in [5.74, 6) is -0.0143. The average molecular weight is 283 g/mol. The van der Waals surface area contributed by atoms with Gasteiger partial charge in [0, 0.05) is 37.1 Å². The van der Waals surface area contributed by atoms with Crippen LogP contribution in [0.4, 0.5) is 17.1 Å². The highest BCUT2D eigenvalue weighted by Crippen LogP contribution is 2.15. The molecule has 0 aliphatic carbocycles. The lowest BCUT2D eigenvalue weighted by Gasteiger charge is -2.19. The number of nitrogens with zero attached hydrogens (tertiary/aromatic N) is 1. The van der Waals surface area contributed by atoms with Crippen LogP contribution >= 0.6 is 0 Å². The largest absolute Gasteiger partial charge is 0.399 e. The maximum atomic E-state index is 11.9. The van der Waals surface area contributed by atoms with Crippen LogP contribution in [0.15, 0.2) is 48.5 Å². The van der Waals surface area contributed by atoms with Crippen molar-refractivity contribution in [3.8, 4) is 0 Å². The Morgan fingerprint density at radius 1 is 1.19 bits per heavy atom. The second-order valence-electron chi connectivity index (χ2n) is 5.18. The number of aryl methyl sites for hydroxylation is 1. The predicted molar refractivity (Wildman–Crippen MR) is 88.6 cm³/mol. The van der Waals surface area contributed by atoms with E-state index >= 15 is 0 Å². The summed E-state index contributed by atoms with van der Waals surface area (Å²) in [6.45, 7) is 2.72. The van der Waals surface area contributed by atoms with Gasteiger partial charge >= 0.3 is 0 Å². The SMILES string of the molecule is Cc1ccc(N(C)CCC(=O)Nc2cccc(N)c2)cc1. The number of rotatable bonds is 5. The van der Waals surface area contributed by atoms with Crippen LogP contribution in [0, 0.1) is 6.92 Å². The van der Waals surface area contributed by atoms with E-state index in [0.29, 0.717) is 18.7 Å². The third-order valence-corrected chi connectivity index (χ3v) is 3.32. The maximum absolute atomic E-state index is 11.9. The summed E-state index contributed by atoms with van der Waals surface area (Å²) < 4.78 is 0. The van der Waals surface area contributed by atoms with E-state index in [0.717, 1.165) is 11.4 Å². The Hall–Kier alpha value is -2.49. The van der Waals surface area contributed by atoms with E-state index in [-0.39, 0.29) is 5.91 Å². The van der Waals surface area contributed by atoms with Gasteiger partial charge in [0.1, 0.15) is 0 Å². The number of hydrogen-bond acceptors (Lipinski definition) is 3. The number of nitrogens with two attached hydrogens (primary N) is 1. The molecule has 21 heavy (non-hydrogen) atoms. The van der Waals surface area contributed by atoms with Crippen LogP contribution in [-0.2, 0) is 4.79 Å². The Morgan fingerprint density at radius 3 is 2.57 bits per heavy atom. The van der Waals surface area contributed by atoms with E-state index in [1.807, 2.05) is 19.2 Å². The molecule has 1 amide bonds. The maximum Gasteiger partial charge on any atom is 0.226 e. The first-order valence-electron chi connectivity index (χ1n) is 6.98. The van der Waals surface area contributed by atoms with Crippen LogP contribution in [0.5, 0.6) is 0 Å². The Labute approximate surface area is 125 Å². The van der Waals surface area contributed by atoms with E-state index in [1.165, 1.54) is 5.56 Å². The zero-order valence-electron chi connectivity index (χ0n) is 12.5. The van der Waals surface area contributed by atoms with Gasteiger partial charge in [-0.2, -0.15) is 0 Å². The molecular formula is C17H21N3O. The first kappa shape index (κ1) is 14.9. The first-order valence-corrected chi connectivity index (χ1v) is 6.98. The van der Waals surface area contributed by atoms with Crippen LogP contribution in [0.25, 0.3) is 0 Å². The van der Waals surface area contributed by atoms with E-state index in [2.05, 4.69) is 41.4 Å². The first-order chi connectivity index (χ1) is 10.0. The van der Waals surface area contributed by atoms with Gasteiger partial charge in [-0.1, -0.05) is 23.8 Å². The molecular weight excluding hydrogens is 262 g/mol. The van der Waals surface area contributed by atoms with Crippen molar-refractivity contribution >= 4 is 23.0 Å². The molecule has 3 N–H and O–H groups in total. The molecule has 0 bridgehead atoms. The van der Waals surface area contributed by atoms with Gasteiger partial charge in [-0.3, -0.25) is 4.79 Å². The molecule has 0 fully saturated rings. The minimum absolute atomic E-state index is 0.0143. The standard InChI is InChI=1S/C17H21N3O/c1-13-6-8-16(9-7-13)20(2)11-10-17(21)19-15-5-3-4-14(18)12-15/h3-9,12H,10-11,18H2,1-2H3,(H,19,21). The fourth-order valence-electron chi connectivity index (χ4n) is 2.04. The number of amides is 1. The zero-order chi connectivity index (χ0) is 15.2. The third-order valence-electron chi connectivity index (χ3n) is 3.32. The van der Waals surface area contributed by atoms with Crippen LogP contribution in [0.3, 0.4) is 0 Å². The van der Waals surface area contributed by atoms with Crippen molar-refractivity contribution in [3.05, 3.63) is 54.1 Å². The molecule has 2 aromatic carbocycles. The van der Waals surface area contributed by atoms with E-state index in [4.69, 9.17) is 5.73 Å². The molecule has 0 saturated carbocycles. The molecule has 0 heterocycles. The van der Waals surface area contributed by atoms with Crippen LogP contribution in [-0.4, -0.2) is 19.5 Å². The summed E-state index contributed by atoms with van der Waals surface area (Å²) in [5, 5.41) is 2.85. The number of anilines is 3. The minimum Gasteiger partial charge on any atom is -0.399 e. The van der Waals surface area contributed by atoms with Crippen molar-refractivity contribution in [2.45, 2.75) is 13.3 Å². The molecule has 0 saturated heterocycles. The Morgan fingerprint density at radius 2 is 1.90 bits per heavy atom. The molecule has 0 unspecified atom stereocenters. The smallest absolute Gasteiger partial charge is 0.226 e. The van der Waals surface area contributed by atoms with Gasteiger partial charge in [-0.15, -0.1) is 0 Å². The second kappa shape index (κ2) is 6.79. The highest BCUT2D eigenvalue weighted by Gasteiger charge is 2.06. The molecule has 4 nitrogen and oxygen atoms in total. The zero-order valence-corrected chi connectivity index (χ0v) is 12.5. The lowest BCUT2D eigenvalue weighted by Crippen LogP contribution is -2.23. The van der Waals surface area contributed by atoms with Gasteiger partial charge in [0.05, 0.1) is 0 Å². The van der Waals surface area contributed by atoms with Crippen LogP contribution < -0.4 is 16.0 Å².